The van der Waals surface area contributed by atoms with Crippen molar-refractivity contribution in [3.05, 3.63) is 44.0 Å². The minimum atomic E-state index is -0.0711. The van der Waals surface area contributed by atoms with Gasteiger partial charge in [-0.3, -0.25) is 4.79 Å². The first-order valence-electron chi connectivity index (χ1n) is 6.21. The second kappa shape index (κ2) is 7.16. The zero-order valence-electron chi connectivity index (χ0n) is 10.9. The Hall–Kier alpha value is -0.960. The van der Waals surface area contributed by atoms with E-state index in [1.807, 2.05) is 29.7 Å². The molecule has 0 aliphatic carbocycles. The summed E-state index contributed by atoms with van der Waals surface area (Å²) in [5.74, 6) is 0.815. The molecule has 0 saturated heterocycles. The number of halogens is 2. The van der Waals surface area contributed by atoms with E-state index < -0.39 is 0 Å². The molecular weight excluding hydrogens is 435 g/mol. The highest BCUT2D eigenvalue weighted by Crippen LogP contribution is 2.18. The fourth-order valence-electron chi connectivity index (χ4n) is 1.79. The third kappa shape index (κ3) is 3.78. The Labute approximate surface area is 139 Å². The molecule has 2 aromatic rings. The van der Waals surface area contributed by atoms with Gasteiger partial charge < -0.3 is 9.88 Å². The molecule has 0 bridgehead atoms. The van der Waals surface area contributed by atoms with Crippen molar-refractivity contribution in [2.24, 2.45) is 0 Å². The number of aryl methyl sites for hydroxylation is 1. The van der Waals surface area contributed by atoms with Crippen LogP contribution in [0.25, 0.3) is 0 Å². The van der Waals surface area contributed by atoms with Gasteiger partial charge in [0.05, 0.1) is 5.56 Å². The van der Waals surface area contributed by atoms with Crippen LogP contribution in [-0.2, 0) is 13.0 Å². The number of hydrogen-bond donors (Lipinski definition) is 1. The van der Waals surface area contributed by atoms with Crippen molar-refractivity contribution in [2.75, 3.05) is 6.54 Å². The van der Waals surface area contributed by atoms with Gasteiger partial charge in [0, 0.05) is 27.6 Å². The number of carbonyl (C=O) groups excluding carboxylic acids is 1. The summed E-state index contributed by atoms with van der Waals surface area (Å²) in [5, 5.41) is 10.8. The number of carbonyl (C=O) groups is 1. The van der Waals surface area contributed by atoms with Crippen LogP contribution in [0.4, 0.5) is 0 Å². The smallest absolute Gasteiger partial charge is 0.252 e. The van der Waals surface area contributed by atoms with Crippen molar-refractivity contribution in [3.8, 4) is 0 Å². The van der Waals surface area contributed by atoms with Crippen molar-refractivity contribution in [1.29, 1.82) is 0 Å². The maximum Gasteiger partial charge on any atom is 0.252 e. The minimum Gasteiger partial charge on any atom is -0.352 e. The lowest BCUT2D eigenvalue weighted by Gasteiger charge is -2.07. The second-order valence-electron chi connectivity index (χ2n) is 4.16. The first-order chi connectivity index (χ1) is 9.61. The van der Waals surface area contributed by atoms with Crippen molar-refractivity contribution in [3.63, 3.8) is 0 Å². The van der Waals surface area contributed by atoms with Crippen LogP contribution >= 0.6 is 38.5 Å². The maximum absolute atomic E-state index is 12.1. The fraction of sp³-hybridized carbons (Fsp3) is 0.308. The summed E-state index contributed by atoms with van der Waals surface area (Å²) in [6, 6.07) is 5.65. The summed E-state index contributed by atoms with van der Waals surface area (Å²) in [5.41, 5.74) is 0.678. The molecule has 1 aromatic heterocycles. The molecule has 1 amide bonds. The van der Waals surface area contributed by atoms with Crippen LogP contribution in [-0.4, -0.2) is 27.2 Å². The van der Waals surface area contributed by atoms with Gasteiger partial charge in [0.15, 0.2) is 0 Å². The summed E-state index contributed by atoms with van der Waals surface area (Å²) in [7, 11) is 0. The van der Waals surface area contributed by atoms with E-state index >= 15 is 0 Å². The average Bonchev–Trinajstić information content (AvgIpc) is 2.89. The number of nitrogens with zero attached hydrogens (tertiary/aromatic N) is 3. The molecular formula is C13H14BrIN4O. The van der Waals surface area contributed by atoms with Gasteiger partial charge in [-0.1, -0.05) is 15.9 Å². The van der Waals surface area contributed by atoms with Crippen LogP contribution in [0.3, 0.4) is 0 Å². The predicted molar refractivity (Wildman–Crippen MR) is 88.6 cm³/mol. The molecule has 1 heterocycles. The SMILES string of the molecule is CCn1cnnc1CCNC(=O)c1cc(Br)ccc1I. The predicted octanol–water partition coefficient (Wildman–Crippen LogP) is 2.64. The third-order valence-electron chi connectivity index (χ3n) is 2.84. The number of rotatable bonds is 5. The lowest BCUT2D eigenvalue weighted by Crippen LogP contribution is -2.27. The molecule has 20 heavy (non-hydrogen) atoms. The molecule has 0 unspecified atom stereocenters. The Morgan fingerprint density at radius 1 is 1.50 bits per heavy atom. The molecule has 7 heteroatoms. The second-order valence-corrected chi connectivity index (χ2v) is 6.24. The molecule has 0 aliphatic heterocycles. The number of amides is 1. The van der Waals surface area contributed by atoms with Crippen LogP contribution in [0.15, 0.2) is 29.0 Å². The van der Waals surface area contributed by atoms with Crippen molar-refractivity contribution < 1.29 is 4.79 Å². The fourth-order valence-corrected chi connectivity index (χ4v) is 2.73. The Balaban J connectivity index is 1.94. The molecule has 5 nitrogen and oxygen atoms in total. The van der Waals surface area contributed by atoms with E-state index in [0.717, 1.165) is 20.4 Å². The van der Waals surface area contributed by atoms with Crippen LogP contribution in [0.5, 0.6) is 0 Å². The van der Waals surface area contributed by atoms with Crippen molar-refractivity contribution in [1.82, 2.24) is 20.1 Å². The first-order valence-corrected chi connectivity index (χ1v) is 8.09. The van der Waals surface area contributed by atoms with Gasteiger partial charge >= 0.3 is 0 Å². The summed E-state index contributed by atoms with van der Waals surface area (Å²) in [6.45, 7) is 3.41. The highest BCUT2D eigenvalue weighted by atomic mass is 127. The van der Waals surface area contributed by atoms with Gasteiger partial charge in [0.2, 0.25) is 0 Å². The normalized spacial score (nSPS) is 10.6. The Bertz CT molecular complexity index is 614. The number of hydrogen-bond acceptors (Lipinski definition) is 3. The Morgan fingerprint density at radius 2 is 2.30 bits per heavy atom. The minimum absolute atomic E-state index is 0.0711. The Morgan fingerprint density at radius 3 is 3.05 bits per heavy atom. The third-order valence-corrected chi connectivity index (χ3v) is 4.28. The number of aromatic nitrogens is 3. The van der Waals surface area contributed by atoms with E-state index in [9.17, 15) is 4.79 Å². The lowest BCUT2D eigenvalue weighted by atomic mass is 10.2. The van der Waals surface area contributed by atoms with E-state index in [4.69, 9.17) is 0 Å². The Kier molecular flexibility index (Phi) is 5.53. The van der Waals surface area contributed by atoms with Crippen LogP contribution in [0, 0.1) is 3.57 Å². The highest BCUT2D eigenvalue weighted by molar-refractivity contribution is 14.1. The van der Waals surface area contributed by atoms with E-state index in [1.54, 1.807) is 6.33 Å². The molecule has 2 rings (SSSR count). The van der Waals surface area contributed by atoms with E-state index in [1.165, 1.54) is 0 Å². The van der Waals surface area contributed by atoms with Gasteiger partial charge in [0.25, 0.3) is 5.91 Å². The summed E-state index contributed by atoms with van der Waals surface area (Å²) in [6.07, 6.45) is 2.37. The molecule has 0 atom stereocenters. The quantitative estimate of drug-likeness (QED) is 0.715. The number of benzene rings is 1. The largest absolute Gasteiger partial charge is 0.352 e. The van der Waals surface area contributed by atoms with Crippen molar-refractivity contribution >= 4 is 44.4 Å². The molecule has 0 saturated carbocycles. The molecule has 0 spiro atoms. The van der Waals surface area contributed by atoms with Crippen molar-refractivity contribution in [2.45, 2.75) is 19.9 Å². The topological polar surface area (TPSA) is 59.8 Å². The van der Waals surface area contributed by atoms with Gasteiger partial charge in [-0.25, -0.2) is 0 Å². The molecule has 0 radical (unpaired) electrons. The maximum atomic E-state index is 12.1. The average molecular weight is 449 g/mol. The van der Waals surface area contributed by atoms with E-state index in [0.29, 0.717) is 18.5 Å². The lowest BCUT2D eigenvalue weighted by molar-refractivity contribution is 0.0953. The van der Waals surface area contributed by atoms with Gasteiger partial charge in [-0.2, -0.15) is 0 Å². The summed E-state index contributed by atoms with van der Waals surface area (Å²) >= 11 is 5.54. The van der Waals surface area contributed by atoms with Gasteiger partial charge in [-0.05, 0) is 47.7 Å². The van der Waals surface area contributed by atoms with E-state index in [2.05, 4.69) is 54.0 Å². The highest BCUT2D eigenvalue weighted by Gasteiger charge is 2.10. The summed E-state index contributed by atoms with van der Waals surface area (Å²) < 4.78 is 3.79. The number of nitrogens with one attached hydrogen (secondary N) is 1. The zero-order chi connectivity index (χ0) is 14.5. The molecule has 1 aromatic carbocycles. The van der Waals surface area contributed by atoms with Crippen LogP contribution < -0.4 is 5.32 Å². The molecule has 0 aliphatic rings. The monoisotopic (exact) mass is 448 g/mol. The molecule has 106 valence electrons. The van der Waals surface area contributed by atoms with E-state index in [-0.39, 0.29) is 5.91 Å². The molecule has 0 fully saturated rings. The van der Waals surface area contributed by atoms with Crippen LogP contribution in [0.2, 0.25) is 0 Å². The zero-order valence-corrected chi connectivity index (χ0v) is 14.7. The standard InChI is InChI=1S/C13H14BrIN4O/c1-2-19-8-17-18-12(19)5-6-16-13(20)10-7-9(14)3-4-11(10)15/h3-4,7-8H,2,5-6H2,1H3,(H,16,20). The van der Waals surface area contributed by atoms with Crippen LogP contribution in [0.1, 0.15) is 23.1 Å². The van der Waals surface area contributed by atoms with Gasteiger partial charge in [-0.15, -0.1) is 10.2 Å². The molecule has 1 N–H and O–H groups in total. The first kappa shape index (κ1) is 15.4. The summed E-state index contributed by atoms with van der Waals surface area (Å²) in [4.78, 5) is 12.1. The van der Waals surface area contributed by atoms with Gasteiger partial charge in [0.1, 0.15) is 12.2 Å².